The Hall–Kier alpha value is -1.28. The maximum Gasteiger partial charge on any atom is 0.199 e. The number of benzene rings is 1. The summed E-state index contributed by atoms with van der Waals surface area (Å²) in [7, 11) is 0. The van der Waals surface area contributed by atoms with Gasteiger partial charge in [0.2, 0.25) is 0 Å². The van der Waals surface area contributed by atoms with Gasteiger partial charge in [-0.15, -0.1) is 11.6 Å². The highest BCUT2D eigenvalue weighted by molar-refractivity contribution is 6.16. The second-order valence-corrected chi connectivity index (χ2v) is 4.18. The molecule has 0 radical (unpaired) electrons. The van der Waals surface area contributed by atoms with Crippen LogP contribution in [0, 0.1) is 13.8 Å². The first-order valence-electron chi connectivity index (χ1n) is 5.25. The molecular weight excluding hydrogens is 222 g/mol. The van der Waals surface area contributed by atoms with Gasteiger partial charge in [-0.05, 0) is 19.4 Å². The third kappa shape index (κ3) is 2.45. The Bertz CT molecular complexity index is 490. The third-order valence-electron chi connectivity index (χ3n) is 2.50. The van der Waals surface area contributed by atoms with E-state index in [0.717, 1.165) is 23.8 Å². The smallest absolute Gasteiger partial charge is 0.199 e. The average molecular weight is 236 g/mol. The number of nitrogens with zero attached hydrogens (tertiary/aromatic N) is 1. The van der Waals surface area contributed by atoms with Crippen LogP contribution in [0.2, 0.25) is 0 Å². The minimum atomic E-state index is 0.382. The van der Waals surface area contributed by atoms with Gasteiger partial charge in [-0.25, -0.2) is 4.98 Å². The van der Waals surface area contributed by atoms with Crippen LogP contribution in [-0.4, -0.2) is 4.98 Å². The van der Waals surface area contributed by atoms with Crippen LogP contribution in [0.4, 0.5) is 0 Å². The van der Waals surface area contributed by atoms with E-state index in [9.17, 15) is 0 Å². The van der Waals surface area contributed by atoms with Gasteiger partial charge in [0.25, 0.3) is 0 Å². The van der Waals surface area contributed by atoms with Gasteiger partial charge >= 0.3 is 0 Å². The van der Waals surface area contributed by atoms with Crippen molar-refractivity contribution in [3.05, 3.63) is 52.7 Å². The zero-order valence-electron chi connectivity index (χ0n) is 9.46. The molecule has 1 aromatic heterocycles. The van der Waals surface area contributed by atoms with Crippen molar-refractivity contribution in [2.24, 2.45) is 0 Å². The molecule has 1 aromatic carbocycles. The lowest BCUT2D eigenvalue weighted by molar-refractivity contribution is 0.477. The first kappa shape index (κ1) is 11.2. The van der Waals surface area contributed by atoms with E-state index in [4.69, 9.17) is 16.0 Å². The van der Waals surface area contributed by atoms with Crippen LogP contribution in [-0.2, 0) is 12.3 Å². The summed E-state index contributed by atoms with van der Waals surface area (Å²) in [6.07, 6.45) is 0.722. The molecule has 0 bridgehead atoms. The van der Waals surface area contributed by atoms with E-state index in [1.807, 2.05) is 13.0 Å². The fourth-order valence-corrected chi connectivity index (χ4v) is 1.93. The number of aryl methyl sites for hydroxylation is 2. The molecule has 0 spiro atoms. The SMILES string of the molecule is Cc1cccc(Cc2nc(C)c(CCl)o2)c1. The van der Waals surface area contributed by atoms with E-state index in [-0.39, 0.29) is 0 Å². The van der Waals surface area contributed by atoms with Crippen molar-refractivity contribution in [3.63, 3.8) is 0 Å². The molecule has 1 heterocycles. The molecule has 0 unspecified atom stereocenters. The Labute approximate surface area is 100 Å². The molecule has 0 aliphatic heterocycles. The van der Waals surface area contributed by atoms with Gasteiger partial charge in [-0.1, -0.05) is 29.8 Å². The molecule has 84 valence electrons. The largest absolute Gasteiger partial charge is 0.444 e. The Morgan fingerprint density at radius 1 is 1.31 bits per heavy atom. The Morgan fingerprint density at radius 3 is 2.75 bits per heavy atom. The van der Waals surface area contributed by atoms with Crippen LogP contribution in [0.1, 0.15) is 28.5 Å². The van der Waals surface area contributed by atoms with E-state index in [2.05, 4.69) is 30.1 Å². The van der Waals surface area contributed by atoms with Crippen molar-refractivity contribution < 1.29 is 4.42 Å². The Morgan fingerprint density at radius 2 is 2.12 bits per heavy atom. The molecule has 0 saturated carbocycles. The molecule has 2 rings (SSSR count). The van der Waals surface area contributed by atoms with Gasteiger partial charge in [0.05, 0.1) is 11.6 Å². The van der Waals surface area contributed by atoms with Crippen molar-refractivity contribution in [1.29, 1.82) is 0 Å². The van der Waals surface area contributed by atoms with Gasteiger partial charge in [-0.2, -0.15) is 0 Å². The lowest BCUT2D eigenvalue weighted by Gasteiger charge is -1.98. The maximum absolute atomic E-state index is 5.74. The molecule has 0 fully saturated rings. The number of alkyl halides is 1. The minimum absolute atomic E-state index is 0.382. The van der Waals surface area contributed by atoms with E-state index in [0.29, 0.717) is 5.88 Å². The molecule has 0 atom stereocenters. The number of hydrogen-bond acceptors (Lipinski definition) is 2. The fourth-order valence-electron chi connectivity index (χ4n) is 1.68. The second kappa shape index (κ2) is 4.71. The number of halogens is 1. The predicted molar refractivity (Wildman–Crippen MR) is 64.8 cm³/mol. The molecule has 0 aliphatic rings. The number of rotatable bonds is 3. The monoisotopic (exact) mass is 235 g/mol. The van der Waals surface area contributed by atoms with Crippen molar-refractivity contribution in [2.75, 3.05) is 0 Å². The summed E-state index contributed by atoms with van der Waals surface area (Å²) in [6, 6.07) is 8.34. The quantitative estimate of drug-likeness (QED) is 0.760. The first-order valence-corrected chi connectivity index (χ1v) is 5.79. The molecule has 2 nitrogen and oxygen atoms in total. The second-order valence-electron chi connectivity index (χ2n) is 3.92. The van der Waals surface area contributed by atoms with Gasteiger partial charge in [0.1, 0.15) is 5.76 Å². The standard InChI is InChI=1S/C13H14ClNO/c1-9-4-3-5-11(6-9)7-13-15-10(2)12(8-14)16-13/h3-6H,7-8H2,1-2H3. The van der Waals surface area contributed by atoms with Crippen molar-refractivity contribution in [1.82, 2.24) is 4.98 Å². The van der Waals surface area contributed by atoms with Crippen LogP contribution in [0.15, 0.2) is 28.7 Å². The van der Waals surface area contributed by atoms with Crippen molar-refractivity contribution >= 4 is 11.6 Å². The van der Waals surface area contributed by atoms with Crippen LogP contribution in [0.3, 0.4) is 0 Å². The Kier molecular flexibility index (Phi) is 3.30. The normalized spacial score (nSPS) is 10.7. The lowest BCUT2D eigenvalue weighted by Crippen LogP contribution is -1.88. The predicted octanol–water partition coefficient (Wildman–Crippen LogP) is 3.62. The van der Waals surface area contributed by atoms with E-state index >= 15 is 0 Å². The van der Waals surface area contributed by atoms with Gasteiger partial charge in [-0.3, -0.25) is 0 Å². The summed E-state index contributed by atoms with van der Waals surface area (Å²) < 4.78 is 5.56. The molecule has 0 saturated heterocycles. The van der Waals surface area contributed by atoms with Crippen LogP contribution in [0.5, 0.6) is 0 Å². The van der Waals surface area contributed by atoms with Crippen molar-refractivity contribution in [3.8, 4) is 0 Å². The topological polar surface area (TPSA) is 26.0 Å². The highest BCUT2D eigenvalue weighted by Crippen LogP contribution is 2.16. The van der Waals surface area contributed by atoms with E-state index in [1.54, 1.807) is 0 Å². The van der Waals surface area contributed by atoms with Crippen LogP contribution in [0.25, 0.3) is 0 Å². The summed E-state index contributed by atoms with van der Waals surface area (Å²) in [6.45, 7) is 4.00. The van der Waals surface area contributed by atoms with Crippen molar-refractivity contribution in [2.45, 2.75) is 26.1 Å². The Balaban J connectivity index is 2.20. The zero-order valence-corrected chi connectivity index (χ0v) is 10.2. The summed E-state index contributed by atoms with van der Waals surface area (Å²) in [4.78, 5) is 4.36. The average Bonchev–Trinajstić information content (AvgIpc) is 2.58. The van der Waals surface area contributed by atoms with Gasteiger partial charge in [0, 0.05) is 6.42 Å². The highest BCUT2D eigenvalue weighted by Gasteiger charge is 2.08. The van der Waals surface area contributed by atoms with Crippen LogP contribution >= 0.6 is 11.6 Å². The lowest BCUT2D eigenvalue weighted by atomic mass is 10.1. The molecule has 2 aromatic rings. The van der Waals surface area contributed by atoms with E-state index < -0.39 is 0 Å². The fraction of sp³-hybridized carbons (Fsp3) is 0.308. The molecule has 3 heteroatoms. The summed E-state index contributed by atoms with van der Waals surface area (Å²) in [5.41, 5.74) is 3.35. The molecule has 0 amide bonds. The van der Waals surface area contributed by atoms with Crippen LogP contribution < -0.4 is 0 Å². The number of hydrogen-bond donors (Lipinski definition) is 0. The number of oxazole rings is 1. The zero-order chi connectivity index (χ0) is 11.5. The summed E-state index contributed by atoms with van der Waals surface area (Å²) in [5, 5.41) is 0. The molecule has 0 N–H and O–H groups in total. The van der Waals surface area contributed by atoms with Gasteiger partial charge < -0.3 is 4.42 Å². The molecule has 16 heavy (non-hydrogen) atoms. The summed E-state index contributed by atoms with van der Waals surface area (Å²) >= 11 is 5.74. The van der Waals surface area contributed by atoms with E-state index in [1.165, 1.54) is 11.1 Å². The minimum Gasteiger partial charge on any atom is -0.444 e. The maximum atomic E-state index is 5.74. The summed E-state index contributed by atoms with van der Waals surface area (Å²) in [5.74, 6) is 1.88. The first-order chi connectivity index (χ1) is 7.69. The number of aromatic nitrogens is 1. The molecule has 0 aliphatic carbocycles. The van der Waals surface area contributed by atoms with Gasteiger partial charge in [0.15, 0.2) is 5.89 Å². The molecular formula is C13H14ClNO. The highest BCUT2D eigenvalue weighted by atomic mass is 35.5. The third-order valence-corrected chi connectivity index (χ3v) is 2.74.